The summed E-state index contributed by atoms with van der Waals surface area (Å²) in [6.07, 6.45) is 0.411. The average Bonchev–Trinajstić information content (AvgIpc) is 2.91. The molecule has 1 aromatic heterocycles. The average molecular weight is 367 g/mol. The molecule has 1 saturated heterocycles. The van der Waals surface area contributed by atoms with E-state index in [0.29, 0.717) is 22.9 Å². The highest BCUT2D eigenvalue weighted by molar-refractivity contribution is 7.91. The number of halogens is 1. The normalized spacial score (nSPS) is 19.0. The molecule has 0 bridgehead atoms. The SMILES string of the molecule is CN(C(=O)NCc1cc2ccc(F)cc2[nH]c1=O)C1CCS(=O)(=O)C1. The number of carbonyl (C=O) groups excluding carboxylic acids is 1. The number of nitrogens with one attached hydrogen (secondary N) is 2. The largest absolute Gasteiger partial charge is 0.334 e. The molecule has 7 nitrogen and oxygen atoms in total. The minimum atomic E-state index is -3.08. The van der Waals surface area contributed by atoms with Crippen molar-refractivity contribution >= 4 is 26.8 Å². The van der Waals surface area contributed by atoms with Gasteiger partial charge in [-0.25, -0.2) is 17.6 Å². The Labute approximate surface area is 143 Å². The van der Waals surface area contributed by atoms with Crippen molar-refractivity contribution in [3.63, 3.8) is 0 Å². The van der Waals surface area contributed by atoms with E-state index in [1.165, 1.54) is 24.1 Å². The fraction of sp³-hybridized carbons (Fsp3) is 0.375. The molecule has 9 heteroatoms. The summed E-state index contributed by atoms with van der Waals surface area (Å²) in [5, 5.41) is 3.27. The molecule has 2 heterocycles. The maximum Gasteiger partial charge on any atom is 0.317 e. The van der Waals surface area contributed by atoms with Crippen LogP contribution in [0.25, 0.3) is 10.9 Å². The first-order chi connectivity index (χ1) is 11.7. The number of aromatic nitrogens is 1. The number of pyridine rings is 1. The number of urea groups is 1. The number of rotatable bonds is 3. The van der Waals surface area contributed by atoms with E-state index in [-0.39, 0.29) is 24.1 Å². The van der Waals surface area contributed by atoms with Crippen molar-refractivity contribution in [2.24, 2.45) is 0 Å². The summed E-state index contributed by atoms with van der Waals surface area (Å²) >= 11 is 0. The van der Waals surface area contributed by atoms with Crippen LogP contribution >= 0.6 is 0 Å². The van der Waals surface area contributed by atoms with Gasteiger partial charge in [0.25, 0.3) is 5.56 Å². The standard InChI is InChI=1S/C16H18FN3O4S/c1-20(13-4-5-25(23,24)9-13)16(22)18-8-11-6-10-2-3-12(17)7-14(10)19-15(11)21/h2-3,6-7,13H,4-5,8-9H2,1H3,(H,18,22)(H,19,21). The highest BCUT2D eigenvalue weighted by Crippen LogP contribution is 2.17. The van der Waals surface area contributed by atoms with Crippen LogP contribution in [0.1, 0.15) is 12.0 Å². The Morgan fingerprint density at radius 3 is 2.84 bits per heavy atom. The molecule has 134 valence electrons. The number of sulfone groups is 1. The fourth-order valence-electron chi connectivity index (χ4n) is 2.89. The van der Waals surface area contributed by atoms with Gasteiger partial charge in [0.05, 0.1) is 17.0 Å². The van der Waals surface area contributed by atoms with Crippen LogP contribution in [-0.2, 0) is 16.4 Å². The zero-order valence-electron chi connectivity index (χ0n) is 13.6. The predicted octanol–water partition coefficient (Wildman–Crippen LogP) is 0.996. The topological polar surface area (TPSA) is 99.3 Å². The number of carbonyl (C=O) groups is 1. The molecule has 2 amide bonds. The third kappa shape index (κ3) is 3.81. The molecule has 0 aliphatic carbocycles. The van der Waals surface area contributed by atoms with E-state index in [9.17, 15) is 22.4 Å². The summed E-state index contributed by atoms with van der Waals surface area (Å²) in [4.78, 5) is 28.2. The highest BCUT2D eigenvalue weighted by atomic mass is 32.2. The molecular formula is C16H18FN3O4S. The third-order valence-corrected chi connectivity index (χ3v) is 6.14. The van der Waals surface area contributed by atoms with Crippen LogP contribution in [0.5, 0.6) is 0 Å². The summed E-state index contributed by atoms with van der Waals surface area (Å²) in [6, 6.07) is 4.85. The van der Waals surface area contributed by atoms with Crippen LogP contribution in [0.4, 0.5) is 9.18 Å². The Morgan fingerprint density at radius 2 is 2.16 bits per heavy atom. The van der Waals surface area contributed by atoms with Crippen molar-refractivity contribution in [2.45, 2.75) is 19.0 Å². The zero-order valence-corrected chi connectivity index (χ0v) is 14.4. The lowest BCUT2D eigenvalue weighted by atomic mass is 10.1. The number of benzene rings is 1. The Bertz CT molecular complexity index is 987. The number of hydrogen-bond donors (Lipinski definition) is 2. The van der Waals surface area contributed by atoms with Crippen LogP contribution in [0.2, 0.25) is 0 Å². The third-order valence-electron chi connectivity index (χ3n) is 4.39. The highest BCUT2D eigenvalue weighted by Gasteiger charge is 2.32. The summed E-state index contributed by atoms with van der Waals surface area (Å²) in [6.45, 7) is -0.00864. The quantitative estimate of drug-likeness (QED) is 0.845. The van der Waals surface area contributed by atoms with Crippen molar-refractivity contribution in [3.8, 4) is 0 Å². The van der Waals surface area contributed by atoms with Gasteiger partial charge in [-0.15, -0.1) is 0 Å². The van der Waals surface area contributed by atoms with Gasteiger partial charge >= 0.3 is 6.03 Å². The van der Waals surface area contributed by atoms with E-state index < -0.39 is 27.2 Å². The lowest BCUT2D eigenvalue weighted by Crippen LogP contribution is -2.44. The second kappa shape index (κ2) is 6.47. The summed E-state index contributed by atoms with van der Waals surface area (Å²) < 4.78 is 36.2. The van der Waals surface area contributed by atoms with Gasteiger partial charge in [-0.3, -0.25) is 4.79 Å². The Hall–Kier alpha value is -2.42. The molecular weight excluding hydrogens is 349 g/mol. The Balaban J connectivity index is 1.70. The Kier molecular flexibility index (Phi) is 4.51. The molecule has 1 unspecified atom stereocenters. The maximum absolute atomic E-state index is 13.2. The van der Waals surface area contributed by atoms with Crippen molar-refractivity contribution < 1.29 is 17.6 Å². The van der Waals surface area contributed by atoms with Crippen molar-refractivity contribution in [1.29, 1.82) is 0 Å². The predicted molar refractivity (Wildman–Crippen MR) is 91.6 cm³/mol. The monoisotopic (exact) mass is 367 g/mol. The smallest absolute Gasteiger partial charge is 0.317 e. The van der Waals surface area contributed by atoms with Crippen molar-refractivity contribution in [3.05, 3.63) is 46.0 Å². The van der Waals surface area contributed by atoms with Crippen LogP contribution < -0.4 is 10.9 Å². The second-order valence-corrected chi connectivity index (χ2v) is 8.41. The van der Waals surface area contributed by atoms with E-state index >= 15 is 0 Å². The minimum Gasteiger partial charge on any atom is -0.334 e. The lowest BCUT2D eigenvalue weighted by Gasteiger charge is -2.23. The van der Waals surface area contributed by atoms with Gasteiger partial charge in [0.15, 0.2) is 9.84 Å². The molecule has 1 atom stereocenters. The fourth-order valence-corrected chi connectivity index (χ4v) is 4.67. The van der Waals surface area contributed by atoms with E-state index in [1.807, 2.05) is 0 Å². The Morgan fingerprint density at radius 1 is 1.40 bits per heavy atom. The molecule has 1 aliphatic rings. The lowest BCUT2D eigenvalue weighted by molar-refractivity contribution is 0.194. The first kappa shape index (κ1) is 17.4. The molecule has 1 fully saturated rings. The maximum atomic E-state index is 13.2. The van der Waals surface area contributed by atoms with Gasteiger partial charge in [-0.2, -0.15) is 0 Å². The van der Waals surface area contributed by atoms with Crippen molar-refractivity contribution in [1.82, 2.24) is 15.2 Å². The molecule has 2 aromatic rings. The van der Waals surface area contributed by atoms with E-state index in [1.54, 1.807) is 12.1 Å². The molecule has 2 N–H and O–H groups in total. The van der Waals surface area contributed by atoms with Crippen LogP contribution in [0, 0.1) is 5.82 Å². The summed E-state index contributed by atoms with van der Waals surface area (Å²) in [5.41, 5.74) is 0.303. The number of amides is 2. The number of nitrogens with zero attached hydrogens (tertiary/aromatic N) is 1. The number of aromatic amines is 1. The number of H-pyrrole nitrogens is 1. The first-order valence-electron chi connectivity index (χ1n) is 7.78. The molecule has 25 heavy (non-hydrogen) atoms. The second-order valence-electron chi connectivity index (χ2n) is 6.18. The summed E-state index contributed by atoms with van der Waals surface area (Å²) in [5.74, 6) is -0.410. The van der Waals surface area contributed by atoms with Gasteiger partial charge in [-0.05, 0) is 36.1 Å². The van der Waals surface area contributed by atoms with Gasteiger partial charge < -0.3 is 15.2 Å². The van der Waals surface area contributed by atoms with Gasteiger partial charge in [0, 0.05) is 25.2 Å². The van der Waals surface area contributed by atoms with E-state index in [4.69, 9.17) is 0 Å². The van der Waals surface area contributed by atoms with Crippen LogP contribution in [0.15, 0.2) is 29.1 Å². The molecule has 1 aliphatic heterocycles. The number of hydrogen-bond acceptors (Lipinski definition) is 4. The van der Waals surface area contributed by atoms with Gasteiger partial charge in [-0.1, -0.05) is 0 Å². The van der Waals surface area contributed by atoms with Gasteiger partial charge in [0.2, 0.25) is 0 Å². The minimum absolute atomic E-state index is 0.00864. The number of fused-ring (bicyclic) bond motifs is 1. The first-order valence-corrected chi connectivity index (χ1v) is 9.60. The molecule has 0 spiro atoms. The molecule has 3 rings (SSSR count). The van der Waals surface area contributed by atoms with Crippen LogP contribution in [0.3, 0.4) is 0 Å². The zero-order chi connectivity index (χ0) is 18.2. The molecule has 0 saturated carbocycles. The van der Waals surface area contributed by atoms with E-state index in [2.05, 4.69) is 10.3 Å². The van der Waals surface area contributed by atoms with Gasteiger partial charge in [0.1, 0.15) is 5.82 Å². The van der Waals surface area contributed by atoms with Crippen LogP contribution in [-0.4, -0.2) is 48.9 Å². The molecule has 1 aromatic carbocycles. The molecule has 0 radical (unpaired) electrons. The van der Waals surface area contributed by atoms with Crippen molar-refractivity contribution in [2.75, 3.05) is 18.6 Å². The van der Waals surface area contributed by atoms with E-state index in [0.717, 1.165) is 0 Å². The summed E-state index contributed by atoms with van der Waals surface area (Å²) in [7, 11) is -1.55.